The molecule has 0 aliphatic carbocycles. The van der Waals surface area contributed by atoms with E-state index in [0.29, 0.717) is 5.92 Å². The molecule has 0 aliphatic heterocycles. The van der Waals surface area contributed by atoms with Crippen LogP contribution in [0.2, 0.25) is 0 Å². The van der Waals surface area contributed by atoms with E-state index >= 15 is 0 Å². The molecule has 0 heterocycles. The normalized spacial score (nSPS) is 11.8. The molecule has 0 bridgehead atoms. The molecule has 0 rings (SSSR count). The standard InChI is InChI=1S/C8H16O.Ca.2H/c1-3-5-6-8(4-2)7-9;;;/h7-8H,3-6H2,1-2H3;;;/q;+2;2*-1. The third-order valence-corrected chi connectivity index (χ3v) is 1.65. The topological polar surface area (TPSA) is 17.1 Å². The van der Waals surface area contributed by atoms with Crippen molar-refractivity contribution in [1.82, 2.24) is 0 Å². The minimum Gasteiger partial charge on any atom is -1.00 e. The van der Waals surface area contributed by atoms with Crippen LogP contribution >= 0.6 is 0 Å². The van der Waals surface area contributed by atoms with E-state index in [0.717, 1.165) is 19.1 Å². The summed E-state index contributed by atoms with van der Waals surface area (Å²) in [5, 5.41) is 0. The molecule has 0 spiro atoms. The van der Waals surface area contributed by atoms with Crippen LogP contribution in [0.3, 0.4) is 0 Å². The molecule has 0 aromatic carbocycles. The third kappa shape index (κ3) is 7.04. The Labute approximate surface area is 96.5 Å². The van der Waals surface area contributed by atoms with E-state index in [1.54, 1.807) is 0 Å². The molecule has 1 nitrogen and oxygen atoms in total. The molecule has 1 atom stereocenters. The second-order valence-corrected chi connectivity index (χ2v) is 2.45. The summed E-state index contributed by atoms with van der Waals surface area (Å²) in [5.74, 6) is 0.324. The van der Waals surface area contributed by atoms with Gasteiger partial charge in [0.2, 0.25) is 0 Å². The fraction of sp³-hybridized carbons (Fsp3) is 0.875. The first kappa shape index (κ1) is 13.5. The molecule has 0 aliphatic rings. The van der Waals surface area contributed by atoms with Crippen molar-refractivity contribution in [2.24, 2.45) is 5.92 Å². The van der Waals surface area contributed by atoms with E-state index in [4.69, 9.17) is 0 Å². The van der Waals surface area contributed by atoms with Gasteiger partial charge < -0.3 is 7.65 Å². The molecule has 58 valence electrons. The van der Waals surface area contributed by atoms with Gasteiger partial charge >= 0.3 is 37.7 Å². The summed E-state index contributed by atoms with van der Waals surface area (Å²) >= 11 is 0. The zero-order valence-electron chi connectivity index (χ0n) is 9.10. The van der Waals surface area contributed by atoms with Crippen LogP contribution in [0.4, 0.5) is 0 Å². The van der Waals surface area contributed by atoms with Crippen LogP contribution in [0.15, 0.2) is 0 Å². The van der Waals surface area contributed by atoms with Gasteiger partial charge in [-0.05, 0) is 12.8 Å². The molecule has 1 unspecified atom stereocenters. The second-order valence-electron chi connectivity index (χ2n) is 2.45. The maximum atomic E-state index is 10.2. The van der Waals surface area contributed by atoms with Gasteiger partial charge in [-0.2, -0.15) is 0 Å². The summed E-state index contributed by atoms with van der Waals surface area (Å²) in [6, 6.07) is 0. The first-order valence-corrected chi connectivity index (χ1v) is 3.80. The van der Waals surface area contributed by atoms with Crippen molar-refractivity contribution in [3.8, 4) is 0 Å². The largest absolute Gasteiger partial charge is 2.00 e. The molecule has 0 N–H and O–H groups in total. The van der Waals surface area contributed by atoms with Crippen molar-refractivity contribution >= 4 is 44.0 Å². The maximum Gasteiger partial charge on any atom is 2.00 e. The van der Waals surface area contributed by atoms with Crippen LogP contribution in [0.1, 0.15) is 42.4 Å². The molecule has 10 heavy (non-hydrogen) atoms. The predicted octanol–water partition coefficient (Wildman–Crippen LogP) is 2.25. The van der Waals surface area contributed by atoms with Gasteiger partial charge in [-0.15, -0.1) is 0 Å². The first-order valence-electron chi connectivity index (χ1n) is 3.80. The van der Waals surface area contributed by atoms with Crippen molar-refractivity contribution < 1.29 is 7.65 Å². The van der Waals surface area contributed by atoms with Crippen LogP contribution in [0, 0.1) is 5.92 Å². The number of rotatable bonds is 5. The Morgan fingerprint density at radius 2 is 2.10 bits per heavy atom. The van der Waals surface area contributed by atoms with E-state index in [-0.39, 0.29) is 40.6 Å². The zero-order chi connectivity index (χ0) is 7.11. The van der Waals surface area contributed by atoms with Crippen LogP contribution in [0.25, 0.3) is 0 Å². The molecule has 0 saturated heterocycles. The minimum atomic E-state index is 0. The van der Waals surface area contributed by atoms with Gasteiger partial charge in [-0.25, -0.2) is 0 Å². The number of unbranched alkanes of at least 4 members (excludes halogenated alkanes) is 1. The van der Waals surface area contributed by atoms with Gasteiger partial charge in [0, 0.05) is 5.92 Å². The summed E-state index contributed by atoms with van der Waals surface area (Å²) in [7, 11) is 0. The van der Waals surface area contributed by atoms with E-state index < -0.39 is 0 Å². The monoisotopic (exact) mass is 170 g/mol. The minimum absolute atomic E-state index is 0. The Balaban J connectivity index is -0.000000107. The molecule has 0 aromatic heterocycles. The third-order valence-electron chi connectivity index (χ3n) is 1.65. The summed E-state index contributed by atoms with van der Waals surface area (Å²) in [6.45, 7) is 4.21. The van der Waals surface area contributed by atoms with Crippen LogP contribution in [-0.2, 0) is 4.79 Å². The van der Waals surface area contributed by atoms with Gasteiger partial charge in [0.15, 0.2) is 0 Å². The van der Waals surface area contributed by atoms with Gasteiger partial charge in [0.25, 0.3) is 0 Å². The first-order chi connectivity index (χ1) is 4.35. The van der Waals surface area contributed by atoms with Gasteiger partial charge in [0.05, 0.1) is 0 Å². The average Bonchev–Trinajstić information content (AvgIpc) is 1.91. The van der Waals surface area contributed by atoms with Crippen molar-refractivity contribution in [1.29, 1.82) is 0 Å². The number of carbonyl (C=O) groups excluding carboxylic acids is 1. The summed E-state index contributed by atoms with van der Waals surface area (Å²) in [5.41, 5.74) is 0. The van der Waals surface area contributed by atoms with Gasteiger partial charge in [-0.1, -0.05) is 26.7 Å². The number of hydrogen-bond acceptors (Lipinski definition) is 1. The van der Waals surface area contributed by atoms with Gasteiger partial charge in [-0.3, -0.25) is 0 Å². The van der Waals surface area contributed by atoms with E-state index in [1.807, 2.05) is 0 Å². The van der Waals surface area contributed by atoms with Crippen molar-refractivity contribution in [3.05, 3.63) is 0 Å². The van der Waals surface area contributed by atoms with Crippen LogP contribution < -0.4 is 0 Å². The molecule has 2 heteroatoms. The molecule has 0 saturated carbocycles. The van der Waals surface area contributed by atoms with E-state index in [2.05, 4.69) is 13.8 Å². The van der Waals surface area contributed by atoms with Crippen LogP contribution in [0.5, 0.6) is 0 Å². The molecular formula is C8H18CaO. The molecule has 0 aromatic rings. The Kier molecular flexibility index (Phi) is 13.4. The fourth-order valence-corrected chi connectivity index (χ4v) is 0.835. The average molecular weight is 170 g/mol. The van der Waals surface area contributed by atoms with E-state index in [9.17, 15) is 4.79 Å². The SMILES string of the molecule is CCCCC(C=O)CC.[Ca+2].[H-].[H-]. The number of hydrogen-bond donors (Lipinski definition) is 0. The Hall–Kier alpha value is 0.930. The van der Waals surface area contributed by atoms with Crippen molar-refractivity contribution in [2.45, 2.75) is 39.5 Å². The fourth-order valence-electron chi connectivity index (χ4n) is 0.835. The predicted molar refractivity (Wildman–Crippen MR) is 47.3 cm³/mol. The second kappa shape index (κ2) is 9.93. The zero-order valence-corrected chi connectivity index (χ0v) is 9.31. The van der Waals surface area contributed by atoms with Crippen LogP contribution in [-0.4, -0.2) is 44.0 Å². The summed E-state index contributed by atoms with van der Waals surface area (Å²) in [4.78, 5) is 10.2. The summed E-state index contributed by atoms with van der Waals surface area (Å²) < 4.78 is 0. The van der Waals surface area contributed by atoms with Gasteiger partial charge in [0.1, 0.15) is 6.29 Å². The smallest absolute Gasteiger partial charge is 1.00 e. The molecule has 0 radical (unpaired) electrons. The van der Waals surface area contributed by atoms with Crippen molar-refractivity contribution in [3.63, 3.8) is 0 Å². The molecule has 0 fully saturated rings. The Morgan fingerprint density at radius 3 is 2.40 bits per heavy atom. The quantitative estimate of drug-likeness (QED) is 0.457. The summed E-state index contributed by atoms with van der Waals surface area (Å²) in [6.07, 6.45) is 5.55. The number of aldehydes is 1. The molecule has 0 amide bonds. The maximum absolute atomic E-state index is 10.2. The number of carbonyl (C=O) groups is 1. The Morgan fingerprint density at radius 1 is 1.50 bits per heavy atom. The van der Waals surface area contributed by atoms with E-state index in [1.165, 1.54) is 12.8 Å². The van der Waals surface area contributed by atoms with Crippen molar-refractivity contribution in [2.75, 3.05) is 0 Å². The molecular weight excluding hydrogens is 152 g/mol. The Bertz CT molecular complexity index is 81.5.